The molecule has 2 aliphatic heterocycles. The third-order valence-corrected chi connectivity index (χ3v) is 6.16. The maximum Gasteiger partial charge on any atom is 0.0925 e. The van der Waals surface area contributed by atoms with Crippen molar-refractivity contribution in [2.75, 3.05) is 0 Å². The van der Waals surface area contributed by atoms with E-state index in [2.05, 4.69) is 34.6 Å². The van der Waals surface area contributed by atoms with Gasteiger partial charge in [-0.15, -0.1) is 0 Å². The Hall–Kier alpha value is -0.0800. The summed E-state index contributed by atoms with van der Waals surface area (Å²) in [5.74, 6) is 2.46. The van der Waals surface area contributed by atoms with Crippen LogP contribution < -0.4 is 0 Å². The Morgan fingerprint density at radius 2 is 1.90 bits per heavy atom. The van der Waals surface area contributed by atoms with Crippen LogP contribution in [0.25, 0.3) is 0 Å². The zero-order valence-electron chi connectivity index (χ0n) is 13.9. The molecule has 20 heavy (non-hydrogen) atoms. The minimum Gasteiger partial charge on any atom is -0.367 e. The molecule has 7 atom stereocenters. The van der Waals surface area contributed by atoms with Gasteiger partial charge < -0.3 is 9.47 Å². The van der Waals surface area contributed by atoms with Crippen molar-refractivity contribution >= 4 is 0 Å². The standard InChI is InChI=1S/C18H32O2/c1-6-7-14(10-17(4)13(3)19-17)9-15-8-12(2)16-18(5,11-15)20-16/h12-16H,6-11H2,1-5H3. The highest BCUT2D eigenvalue weighted by molar-refractivity contribution is 5.07. The van der Waals surface area contributed by atoms with Crippen LogP contribution in [-0.4, -0.2) is 23.4 Å². The molecule has 0 N–H and O–H groups in total. The van der Waals surface area contributed by atoms with Crippen molar-refractivity contribution in [3.05, 3.63) is 0 Å². The summed E-state index contributed by atoms with van der Waals surface area (Å²) in [7, 11) is 0. The van der Waals surface area contributed by atoms with Gasteiger partial charge in [0.2, 0.25) is 0 Å². The van der Waals surface area contributed by atoms with Gasteiger partial charge in [0.25, 0.3) is 0 Å². The van der Waals surface area contributed by atoms with Gasteiger partial charge in [0, 0.05) is 0 Å². The highest BCUT2D eigenvalue weighted by Crippen LogP contribution is 2.54. The predicted molar refractivity (Wildman–Crippen MR) is 81.8 cm³/mol. The second kappa shape index (κ2) is 4.98. The van der Waals surface area contributed by atoms with Gasteiger partial charge in [-0.2, -0.15) is 0 Å². The summed E-state index contributed by atoms with van der Waals surface area (Å²) in [6, 6.07) is 0. The van der Waals surface area contributed by atoms with Gasteiger partial charge >= 0.3 is 0 Å². The van der Waals surface area contributed by atoms with Gasteiger partial charge in [-0.25, -0.2) is 0 Å². The summed E-state index contributed by atoms with van der Waals surface area (Å²) in [5.41, 5.74) is 0.412. The Kier molecular flexibility index (Phi) is 3.70. The van der Waals surface area contributed by atoms with Gasteiger partial charge in [0.15, 0.2) is 0 Å². The lowest BCUT2D eigenvalue weighted by Crippen LogP contribution is -2.30. The number of epoxide rings is 2. The molecule has 3 aliphatic rings. The quantitative estimate of drug-likeness (QED) is 0.666. The van der Waals surface area contributed by atoms with Crippen LogP contribution in [0.2, 0.25) is 0 Å². The van der Waals surface area contributed by atoms with Crippen molar-refractivity contribution in [1.29, 1.82) is 0 Å². The average Bonchev–Trinajstić information content (AvgIpc) is 3.16. The Bertz CT molecular complexity index is 368. The molecule has 0 spiro atoms. The van der Waals surface area contributed by atoms with Gasteiger partial charge in [0.05, 0.1) is 23.4 Å². The van der Waals surface area contributed by atoms with Crippen molar-refractivity contribution < 1.29 is 9.47 Å². The smallest absolute Gasteiger partial charge is 0.0925 e. The second-order valence-corrected chi connectivity index (χ2v) is 8.30. The van der Waals surface area contributed by atoms with Crippen LogP contribution in [0, 0.1) is 17.8 Å². The summed E-state index contributed by atoms with van der Waals surface area (Å²) < 4.78 is 11.8. The number of ether oxygens (including phenoxy) is 2. The number of hydrogen-bond donors (Lipinski definition) is 0. The van der Waals surface area contributed by atoms with E-state index < -0.39 is 0 Å². The monoisotopic (exact) mass is 280 g/mol. The molecule has 3 rings (SSSR count). The SMILES string of the molecule is CCCC(CC1CC(C)C2OC2(C)C1)CC1(C)OC1C. The largest absolute Gasteiger partial charge is 0.367 e. The number of fused-ring (bicyclic) bond motifs is 1. The van der Waals surface area contributed by atoms with E-state index >= 15 is 0 Å². The summed E-state index contributed by atoms with van der Waals surface area (Å²) >= 11 is 0. The molecule has 2 heterocycles. The Morgan fingerprint density at radius 3 is 2.45 bits per heavy atom. The molecule has 1 aliphatic carbocycles. The lowest BCUT2D eigenvalue weighted by molar-refractivity contribution is 0.193. The zero-order valence-corrected chi connectivity index (χ0v) is 13.9. The Morgan fingerprint density at radius 1 is 1.20 bits per heavy atom. The first-order chi connectivity index (χ1) is 9.36. The average molecular weight is 280 g/mol. The summed E-state index contributed by atoms with van der Waals surface area (Å²) in [6.45, 7) is 11.5. The van der Waals surface area contributed by atoms with Crippen molar-refractivity contribution in [3.8, 4) is 0 Å². The van der Waals surface area contributed by atoms with E-state index in [4.69, 9.17) is 9.47 Å². The first-order valence-electron chi connectivity index (χ1n) is 8.72. The highest BCUT2D eigenvalue weighted by atomic mass is 16.6. The van der Waals surface area contributed by atoms with Crippen molar-refractivity contribution in [2.24, 2.45) is 17.8 Å². The van der Waals surface area contributed by atoms with Crippen molar-refractivity contribution in [3.63, 3.8) is 0 Å². The van der Waals surface area contributed by atoms with E-state index in [1.165, 1.54) is 38.5 Å². The minimum atomic E-state index is 0.183. The summed E-state index contributed by atoms with van der Waals surface area (Å²) in [5, 5.41) is 0. The molecular weight excluding hydrogens is 248 g/mol. The van der Waals surface area contributed by atoms with Crippen LogP contribution in [0.15, 0.2) is 0 Å². The molecule has 2 heteroatoms. The van der Waals surface area contributed by atoms with Crippen LogP contribution in [0.4, 0.5) is 0 Å². The molecular formula is C18H32O2. The Labute approximate surface area is 124 Å². The first-order valence-corrected chi connectivity index (χ1v) is 8.72. The molecule has 0 aromatic heterocycles. The van der Waals surface area contributed by atoms with Gasteiger partial charge in [-0.05, 0) is 64.2 Å². The van der Waals surface area contributed by atoms with E-state index in [-0.39, 0.29) is 11.2 Å². The molecule has 0 bridgehead atoms. The lowest BCUT2D eigenvalue weighted by Gasteiger charge is -2.31. The second-order valence-electron chi connectivity index (χ2n) is 8.30. The molecule has 7 unspecified atom stereocenters. The topological polar surface area (TPSA) is 25.1 Å². The molecule has 116 valence electrons. The number of hydrogen-bond acceptors (Lipinski definition) is 2. The molecule has 3 fully saturated rings. The molecule has 0 amide bonds. The van der Waals surface area contributed by atoms with Crippen LogP contribution in [0.3, 0.4) is 0 Å². The van der Waals surface area contributed by atoms with E-state index in [0.717, 1.165) is 17.8 Å². The normalized spacial score (nSPS) is 51.5. The minimum absolute atomic E-state index is 0.183. The molecule has 0 aromatic carbocycles. The van der Waals surface area contributed by atoms with Crippen LogP contribution in [0.1, 0.15) is 73.1 Å². The van der Waals surface area contributed by atoms with Crippen molar-refractivity contribution in [1.82, 2.24) is 0 Å². The Balaban J connectivity index is 1.56. The van der Waals surface area contributed by atoms with E-state index in [0.29, 0.717) is 12.2 Å². The fourth-order valence-corrected chi connectivity index (χ4v) is 4.96. The summed E-state index contributed by atoms with van der Waals surface area (Å²) in [6.07, 6.45) is 8.99. The van der Waals surface area contributed by atoms with Gasteiger partial charge in [-0.1, -0.05) is 26.7 Å². The molecule has 0 radical (unpaired) electrons. The fourth-order valence-electron chi connectivity index (χ4n) is 4.96. The fraction of sp³-hybridized carbons (Fsp3) is 1.00. The van der Waals surface area contributed by atoms with Crippen LogP contribution in [0.5, 0.6) is 0 Å². The molecule has 0 aromatic rings. The van der Waals surface area contributed by atoms with Crippen LogP contribution >= 0.6 is 0 Å². The number of rotatable bonds is 6. The van der Waals surface area contributed by atoms with Gasteiger partial charge in [0.1, 0.15) is 0 Å². The maximum absolute atomic E-state index is 5.95. The van der Waals surface area contributed by atoms with E-state index in [1.807, 2.05) is 0 Å². The lowest BCUT2D eigenvalue weighted by atomic mass is 9.72. The summed E-state index contributed by atoms with van der Waals surface area (Å²) in [4.78, 5) is 0. The highest BCUT2D eigenvalue weighted by Gasteiger charge is 2.59. The van der Waals surface area contributed by atoms with E-state index in [9.17, 15) is 0 Å². The molecule has 1 saturated carbocycles. The third-order valence-electron chi connectivity index (χ3n) is 6.16. The van der Waals surface area contributed by atoms with E-state index in [1.54, 1.807) is 0 Å². The molecule has 2 saturated heterocycles. The predicted octanol–water partition coefficient (Wildman–Crippen LogP) is 4.56. The maximum atomic E-state index is 5.95. The van der Waals surface area contributed by atoms with Crippen molar-refractivity contribution in [2.45, 2.75) is 96.6 Å². The zero-order chi connectivity index (χ0) is 14.5. The van der Waals surface area contributed by atoms with Crippen LogP contribution in [-0.2, 0) is 9.47 Å². The van der Waals surface area contributed by atoms with Gasteiger partial charge in [-0.3, -0.25) is 0 Å². The first kappa shape index (κ1) is 14.8. The third kappa shape index (κ3) is 2.78. The molecule has 2 nitrogen and oxygen atoms in total.